The molecule has 8 heteroatoms. The van der Waals surface area contributed by atoms with Gasteiger partial charge in [0.15, 0.2) is 10.7 Å². The highest BCUT2D eigenvalue weighted by atomic mass is 79.9. The van der Waals surface area contributed by atoms with E-state index < -0.39 is 0 Å². The van der Waals surface area contributed by atoms with Crippen LogP contribution in [0.5, 0.6) is 5.75 Å². The zero-order chi connectivity index (χ0) is 24.6. The van der Waals surface area contributed by atoms with Gasteiger partial charge in [0.05, 0.1) is 12.7 Å². The number of hydrogen-bond acceptors (Lipinski definition) is 5. The lowest BCUT2D eigenvalue weighted by Crippen LogP contribution is -2.34. The van der Waals surface area contributed by atoms with Crippen molar-refractivity contribution in [2.75, 3.05) is 12.4 Å². The van der Waals surface area contributed by atoms with Crippen LogP contribution >= 0.6 is 28.1 Å². The second kappa shape index (κ2) is 9.56. The van der Waals surface area contributed by atoms with Gasteiger partial charge in [-0.3, -0.25) is 10.1 Å². The van der Waals surface area contributed by atoms with E-state index in [1.165, 1.54) is 7.11 Å². The Morgan fingerprint density at radius 2 is 1.79 bits per heavy atom. The van der Waals surface area contributed by atoms with E-state index in [2.05, 4.69) is 38.5 Å². The van der Waals surface area contributed by atoms with Gasteiger partial charge in [-0.15, -0.1) is 0 Å². The summed E-state index contributed by atoms with van der Waals surface area (Å²) >= 11 is 8.85. The molecule has 0 radical (unpaired) electrons. The van der Waals surface area contributed by atoms with Gasteiger partial charge >= 0.3 is 0 Å². The number of amides is 1. The van der Waals surface area contributed by atoms with Gasteiger partial charge in [-0.25, -0.2) is 4.98 Å². The zero-order valence-corrected chi connectivity index (χ0v) is 21.9. The standard InChI is InChI=1S/C26H24BrN3O3S/c1-13-10-21-22(11-14(13)2)33-25(28-21)18-7-6-8-20(16(18)4)29-26(34)30-24(31)19-12-17(27)9-15(3)23(19)32-5/h6-12H,1-5H3,(H2,29,30,31,34). The summed E-state index contributed by atoms with van der Waals surface area (Å²) in [6.45, 7) is 7.93. The number of aromatic nitrogens is 1. The molecule has 0 saturated carbocycles. The van der Waals surface area contributed by atoms with Crippen LogP contribution in [0.25, 0.3) is 22.6 Å². The fourth-order valence-electron chi connectivity index (χ4n) is 3.79. The number of hydrogen-bond donors (Lipinski definition) is 2. The van der Waals surface area contributed by atoms with Crippen molar-refractivity contribution in [3.63, 3.8) is 0 Å². The lowest BCUT2D eigenvalue weighted by molar-refractivity contribution is 0.0974. The topological polar surface area (TPSA) is 76.4 Å². The van der Waals surface area contributed by atoms with Crippen LogP contribution in [0.4, 0.5) is 5.69 Å². The van der Waals surface area contributed by atoms with Crippen molar-refractivity contribution in [3.05, 3.63) is 74.8 Å². The molecule has 6 nitrogen and oxygen atoms in total. The number of halogens is 1. The van der Waals surface area contributed by atoms with Gasteiger partial charge in [0.25, 0.3) is 5.91 Å². The third-order valence-corrected chi connectivity index (χ3v) is 6.39. The van der Waals surface area contributed by atoms with Crippen LogP contribution < -0.4 is 15.4 Å². The summed E-state index contributed by atoms with van der Waals surface area (Å²) in [5.74, 6) is 0.672. The number of nitrogens with one attached hydrogen (secondary N) is 2. The number of fused-ring (bicyclic) bond motifs is 1. The van der Waals surface area contributed by atoms with Crippen molar-refractivity contribution in [1.82, 2.24) is 10.3 Å². The molecular weight excluding hydrogens is 514 g/mol. The maximum absolute atomic E-state index is 12.9. The molecule has 0 fully saturated rings. The van der Waals surface area contributed by atoms with Crippen LogP contribution in [0.1, 0.15) is 32.6 Å². The minimum atomic E-state index is -0.364. The van der Waals surface area contributed by atoms with E-state index in [9.17, 15) is 4.79 Å². The molecule has 1 amide bonds. The predicted molar refractivity (Wildman–Crippen MR) is 143 cm³/mol. The van der Waals surface area contributed by atoms with Crippen LogP contribution in [0, 0.1) is 27.7 Å². The number of carbonyl (C=O) groups is 1. The van der Waals surface area contributed by atoms with Crippen molar-refractivity contribution in [2.45, 2.75) is 27.7 Å². The molecule has 174 valence electrons. The van der Waals surface area contributed by atoms with Gasteiger partial charge in [0.2, 0.25) is 5.89 Å². The average molecular weight is 538 g/mol. The van der Waals surface area contributed by atoms with E-state index in [0.29, 0.717) is 17.2 Å². The van der Waals surface area contributed by atoms with Gasteiger partial charge in [0, 0.05) is 15.7 Å². The van der Waals surface area contributed by atoms with E-state index in [-0.39, 0.29) is 11.0 Å². The Morgan fingerprint density at radius 3 is 2.53 bits per heavy atom. The molecule has 1 heterocycles. The van der Waals surface area contributed by atoms with E-state index in [1.54, 1.807) is 6.07 Å². The van der Waals surface area contributed by atoms with Gasteiger partial charge in [-0.05, 0) is 98.6 Å². The zero-order valence-electron chi connectivity index (χ0n) is 19.5. The Balaban J connectivity index is 1.57. The molecular formula is C26H24BrN3O3S. The summed E-state index contributed by atoms with van der Waals surface area (Å²) in [6.07, 6.45) is 0. The number of aryl methyl sites for hydroxylation is 3. The molecule has 0 saturated heterocycles. The summed E-state index contributed by atoms with van der Waals surface area (Å²) in [7, 11) is 1.53. The number of nitrogens with zero attached hydrogens (tertiary/aromatic N) is 1. The number of rotatable bonds is 4. The SMILES string of the molecule is COc1c(C)cc(Br)cc1C(=O)NC(=S)Nc1cccc(-c2nc3cc(C)c(C)cc3o2)c1C. The molecule has 0 aliphatic heterocycles. The maximum Gasteiger partial charge on any atom is 0.261 e. The minimum Gasteiger partial charge on any atom is -0.496 e. The number of ether oxygens (including phenoxy) is 1. The quantitative estimate of drug-likeness (QED) is 0.284. The smallest absolute Gasteiger partial charge is 0.261 e. The van der Waals surface area contributed by atoms with E-state index in [0.717, 1.165) is 49.1 Å². The van der Waals surface area contributed by atoms with Crippen molar-refractivity contribution in [1.29, 1.82) is 0 Å². The van der Waals surface area contributed by atoms with Crippen LogP contribution in [0.2, 0.25) is 0 Å². The first-order chi connectivity index (χ1) is 16.2. The number of benzene rings is 3. The highest BCUT2D eigenvalue weighted by molar-refractivity contribution is 9.10. The van der Waals surface area contributed by atoms with Crippen LogP contribution in [0.15, 0.2) is 51.4 Å². The molecule has 3 aromatic carbocycles. The fourth-order valence-corrected chi connectivity index (χ4v) is 4.57. The first-order valence-electron chi connectivity index (χ1n) is 10.6. The Hall–Kier alpha value is -3.23. The lowest BCUT2D eigenvalue weighted by Gasteiger charge is -2.15. The number of anilines is 1. The number of oxazole rings is 1. The number of thiocarbonyl (C=S) groups is 1. The van der Waals surface area contributed by atoms with Gasteiger partial charge < -0.3 is 14.5 Å². The summed E-state index contributed by atoms with van der Waals surface area (Å²) in [6, 6.07) is 13.3. The predicted octanol–water partition coefficient (Wildman–Crippen LogP) is 6.63. The normalized spacial score (nSPS) is 10.9. The second-order valence-electron chi connectivity index (χ2n) is 8.11. The first kappa shape index (κ1) is 23.9. The maximum atomic E-state index is 12.9. The molecule has 34 heavy (non-hydrogen) atoms. The molecule has 4 rings (SSSR count). The van der Waals surface area contributed by atoms with Crippen molar-refractivity contribution in [2.24, 2.45) is 0 Å². The molecule has 0 bridgehead atoms. The Kier molecular flexibility index (Phi) is 6.72. The van der Waals surface area contributed by atoms with Crippen molar-refractivity contribution in [3.8, 4) is 17.2 Å². The number of methoxy groups -OCH3 is 1. The summed E-state index contributed by atoms with van der Waals surface area (Å²) in [5.41, 5.74) is 7.60. The highest BCUT2D eigenvalue weighted by Crippen LogP contribution is 2.32. The van der Waals surface area contributed by atoms with E-state index >= 15 is 0 Å². The first-order valence-corrected chi connectivity index (χ1v) is 11.8. The number of carbonyl (C=O) groups excluding carboxylic acids is 1. The summed E-state index contributed by atoms with van der Waals surface area (Å²) in [5, 5.41) is 6.03. The largest absolute Gasteiger partial charge is 0.496 e. The molecule has 1 aromatic heterocycles. The van der Waals surface area contributed by atoms with E-state index in [4.69, 9.17) is 21.4 Å². The van der Waals surface area contributed by atoms with Gasteiger partial charge in [-0.1, -0.05) is 22.0 Å². The summed E-state index contributed by atoms with van der Waals surface area (Å²) < 4.78 is 12.2. The average Bonchev–Trinajstić information content (AvgIpc) is 3.17. The monoisotopic (exact) mass is 537 g/mol. The minimum absolute atomic E-state index is 0.175. The third-order valence-electron chi connectivity index (χ3n) is 5.73. The highest BCUT2D eigenvalue weighted by Gasteiger charge is 2.18. The van der Waals surface area contributed by atoms with Crippen LogP contribution in [0.3, 0.4) is 0 Å². The molecule has 0 spiro atoms. The molecule has 0 unspecified atom stereocenters. The molecule has 0 aliphatic rings. The molecule has 4 aromatic rings. The Morgan fingerprint density at radius 1 is 1.06 bits per heavy atom. The van der Waals surface area contributed by atoms with E-state index in [1.807, 2.05) is 57.2 Å². The Labute approximate surface area is 211 Å². The second-order valence-corrected chi connectivity index (χ2v) is 9.44. The van der Waals surface area contributed by atoms with Gasteiger partial charge in [0.1, 0.15) is 11.3 Å². The summed E-state index contributed by atoms with van der Waals surface area (Å²) in [4.78, 5) is 17.6. The van der Waals surface area contributed by atoms with Crippen LogP contribution in [-0.4, -0.2) is 23.1 Å². The van der Waals surface area contributed by atoms with Crippen LogP contribution in [-0.2, 0) is 0 Å². The van der Waals surface area contributed by atoms with Crippen molar-refractivity contribution >= 4 is 56.0 Å². The third kappa shape index (κ3) is 4.69. The lowest BCUT2D eigenvalue weighted by atomic mass is 10.1. The molecule has 0 aliphatic carbocycles. The van der Waals surface area contributed by atoms with Crippen molar-refractivity contribution < 1.29 is 13.9 Å². The molecule has 2 N–H and O–H groups in total. The molecule has 0 atom stereocenters. The fraction of sp³-hybridized carbons (Fsp3) is 0.192. The van der Waals surface area contributed by atoms with Gasteiger partial charge in [-0.2, -0.15) is 0 Å². The Bertz CT molecular complexity index is 1410.